The van der Waals surface area contributed by atoms with Gasteiger partial charge in [0.25, 0.3) is 0 Å². The number of anilines is 1. The van der Waals surface area contributed by atoms with Crippen molar-refractivity contribution in [2.45, 2.75) is 19.3 Å². The molecule has 1 aromatic heterocycles. The molecule has 0 atom stereocenters. The van der Waals surface area contributed by atoms with Gasteiger partial charge < -0.3 is 29.6 Å². The first-order chi connectivity index (χ1) is 16.7. The first kappa shape index (κ1) is 24.0. The summed E-state index contributed by atoms with van der Waals surface area (Å²) in [5.41, 5.74) is 1.35. The Labute approximate surface area is 199 Å². The number of hydrogen-bond acceptors (Lipinski definition) is 7. The van der Waals surface area contributed by atoms with E-state index < -0.39 is 5.82 Å². The minimum atomic E-state index is -0.450. The van der Waals surface area contributed by atoms with Crippen LogP contribution in [0.5, 0.6) is 23.0 Å². The number of aromatic nitrogens is 1. The molecule has 0 spiro atoms. The van der Waals surface area contributed by atoms with E-state index in [0.717, 1.165) is 45.6 Å². The summed E-state index contributed by atoms with van der Waals surface area (Å²) in [5, 5.41) is 7.13. The van der Waals surface area contributed by atoms with Crippen LogP contribution >= 0.6 is 0 Å². The molecule has 7 nitrogen and oxygen atoms in total. The Morgan fingerprint density at radius 2 is 1.91 bits per heavy atom. The average Bonchev–Trinajstić information content (AvgIpc) is 2.87. The fourth-order valence-corrected chi connectivity index (χ4v) is 3.98. The Kier molecular flexibility index (Phi) is 8.38. The number of methoxy groups -OCH3 is 1. The molecule has 3 aromatic rings. The zero-order valence-electron chi connectivity index (χ0n) is 19.7. The van der Waals surface area contributed by atoms with Gasteiger partial charge in [0.05, 0.1) is 19.2 Å². The van der Waals surface area contributed by atoms with Crippen LogP contribution in [-0.2, 0) is 4.74 Å². The second-order valence-corrected chi connectivity index (χ2v) is 8.29. The van der Waals surface area contributed by atoms with Crippen LogP contribution in [0.25, 0.3) is 10.9 Å². The Morgan fingerprint density at radius 3 is 2.68 bits per heavy atom. The van der Waals surface area contributed by atoms with Crippen LogP contribution in [0.4, 0.5) is 10.1 Å². The molecule has 0 radical (unpaired) electrons. The highest BCUT2D eigenvalue weighted by atomic mass is 19.1. The van der Waals surface area contributed by atoms with Crippen molar-refractivity contribution in [3.05, 3.63) is 48.4 Å². The van der Waals surface area contributed by atoms with Crippen molar-refractivity contribution in [3.8, 4) is 23.0 Å². The molecule has 1 aliphatic heterocycles. The van der Waals surface area contributed by atoms with E-state index in [1.165, 1.54) is 6.07 Å². The van der Waals surface area contributed by atoms with Crippen LogP contribution in [0, 0.1) is 11.7 Å². The molecule has 0 bridgehead atoms. The van der Waals surface area contributed by atoms with E-state index in [1.54, 1.807) is 38.6 Å². The number of rotatable bonds is 11. The van der Waals surface area contributed by atoms with Gasteiger partial charge in [0.1, 0.15) is 5.75 Å². The molecule has 1 fully saturated rings. The summed E-state index contributed by atoms with van der Waals surface area (Å²) in [4.78, 5) is 4.44. The fourth-order valence-electron chi connectivity index (χ4n) is 3.98. The predicted molar refractivity (Wildman–Crippen MR) is 131 cm³/mol. The molecule has 2 aromatic carbocycles. The van der Waals surface area contributed by atoms with Crippen molar-refractivity contribution >= 4 is 16.6 Å². The minimum absolute atomic E-state index is 0.138. The highest BCUT2D eigenvalue weighted by molar-refractivity contribution is 5.88. The van der Waals surface area contributed by atoms with Gasteiger partial charge in [-0.25, -0.2) is 4.39 Å². The normalized spacial score (nSPS) is 14.2. The number of fused-ring (bicyclic) bond motifs is 1. The lowest BCUT2D eigenvalue weighted by molar-refractivity contribution is 0.0663. The SMILES string of the molecule is CNc1ccc(Oc2ccnc3cc(OCCCNCC4CCOCC4)c(OC)cc23)c(F)c1. The molecule has 1 saturated heterocycles. The second-order valence-electron chi connectivity index (χ2n) is 8.29. The first-order valence-electron chi connectivity index (χ1n) is 11.7. The summed E-state index contributed by atoms with van der Waals surface area (Å²) >= 11 is 0. The van der Waals surface area contributed by atoms with Crippen molar-refractivity contribution in [2.24, 2.45) is 5.92 Å². The lowest BCUT2D eigenvalue weighted by Gasteiger charge is -2.22. The van der Waals surface area contributed by atoms with E-state index in [2.05, 4.69) is 15.6 Å². The van der Waals surface area contributed by atoms with Gasteiger partial charge in [0.2, 0.25) is 0 Å². The van der Waals surface area contributed by atoms with Crippen molar-refractivity contribution in [2.75, 3.05) is 52.4 Å². The monoisotopic (exact) mass is 469 g/mol. The van der Waals surface area contributed by atoms with Gasteiger partial charge in [-0.05, 0) is 62.5 Å². The van der Waals surface area contributed by atoms with Gasteiger partial charge in [0.15, 0.2) is 23.1 Å². The third kappa shape index (κ3) is 6.07. The number of ether oxygens (including phenoxy) is 4. The Balaban J connectivity index is 1.39. The Bertz CT molecular complexity index is 1090. The van der Waals surface area contributed by atoms with Crippen molar-refractivity contribution in [3.63, 3.8) is 0 Å². The van der Waals surface area contributed by atoms with Crippen LogP contribution in [0.3, 0.4) is 0 Å². The molecular formula is C26H32FN3O4. The van der Waals surface area contributed by atoms with E-state index in [-0.39, 0.29) is 5.75 Å². The fraction of sp³-hybridized carbons (Fsp3) is 0.423. The number of nitrogens with one attached hydrogen (secondary N) is 2. The van der Waals surface area contributed by atoms with Crippen molar-refractivity contribution in [1.29, 1.82) is 0 Å². The molecular weight excluding hydrogens is 437 g/mol. The van der Waals surface area contributed by atoms with E-state index in [1.807, 2.05) is 12.1 Å². The van der Waals surface area contributed by atoms with Gasteiger partial charge in [-0.1, -0.05) is 0 Å². The average molecular weight is 470 g/mol. The molecule has 0 amide bonds. The van der Waals surface area contributed by atoms with Crippen LogP contribution in [-0.4, -0.2) is 52.1 Å². The van der Waals surface area contributed by atoms with Gasteiger partial charge in [-0.3, -0.25) is 4.98 Å². The van der Waals surface area contributed by atoms with Crippen LogP contribution in [0.15, 0.2) is 42.6 Å². The van der Waals surface area contributed by atoms with E-state index in [9.17, 15) is 4.39 Å². The van der Waals surface area contributed by atoms with Gasteiger partial charge in [-0.2, -0.15) is 0 Å². The molecule has 0 aliphatic carbocycles. The lowest BCUT2D eigenvalue weighted by Crippen LogP contribution is -2.28. The van der Waals surface area contributed by atoms with E-state index in [0.29, 0.717) is 46.4 Å². The predicted octanol–water partition coefficient (Wildman–Crippen LogP) is 5.00. The summed E-state index contributed by atoms with van der Waals surface area (Å²) in [5.74, 6) is 2.07. The molecule has 8 heteroatoms. The summed E-state index contributed by atoms with van der Waals surface area (Å²) in [6.45, 7) is 4.21. The molecule has 0 unspecified atom stereocenters. The highest BCUT2D eigenvalue weighted by Crippen LogP contribution is 2.37. The second kappa shape index (κ2) is 11.9. The maximum absolute atomic E-state index is 14.4. The number of benzene rings is 2. The summed E-state index contributed by atoms with van der Waals surface area (Å²) < 4.78 is 37.3. The lowest BCUT2D eigenvalue weighted by atomic mass is 10.0. The van der Waals surface area contributed by atoms with Gasteiger partial charge >= 0.3 is 0 Å². The maximum atomic E-state index is 14.4. The van der Waals surface area contributed by atoms with Crippen LogP contribution in [0.1, 0.15) is 19.3 Å². The summed E-state index contributed by atoms with van der Waals surface area (Å²) in [6, 6.07) is 10.1. The summed E-state index contributed by atoms with van der Waals surface area (Å²) in [7, 11) is 3.33. The quantitative estimate of drug-likeness (QED) is 0.383. The number of pyridine rings is 1. The van der Waals surface area contributed by atoms with Gasteiger partial charge in [0, 0.05) is 49.7 Å². The van der Waals surface area contributed by atoms with Crippen LogP contribution < -0.4 is 24.8 Å². The largest absolute Gasteiger partial charge is 0.493 e. The highest BCUT2D eigenvalue weighted by Gasteiger charge is 2.15. The molecule has 2 N–H and O–H groups in total. The Hall–Kier alpha value is -3.10. The number of hydrogen-bond donors (Lipinski definition) is 2. The number of nitrogens with zero attached hydrogens (tertiary/aromatic N) is 1. The van der Waals surface area contributed by atoms with Crippen LogP contribution in [0.2, 0.25) is 0 Å². The molecule has 0 saturated carbocycles. The molecule has 182 valence electrons. The maximum Gasteiger partial charge on any atom is 0.167 e. The number of halogens is 1. The van der Waals surface area contributed by atoms with Crippen molar-refractivity contribution < 1.29 is 23.3 Å². The van der Waals surface area contributed by atoms with Crippen molar-refractivity contribution in [1.82, 2.24) is 10.3 Å². The third-order valence-electron chi connectivity index (χ3n) is 5.96. The minimum Gasteiger partial charge on any atom is -0.493 e. The zero-order chi connectivity index (χ0) is 23.8. The van der Waals surface area contributed by atoms with E-state index >= 15 is 0 Å². The topological polar surface area (TPSA) is 73.9 Å². The zero-order valence-corrected chi connectivity index (χ0v) is 19.7. The first-order valence-corrected chi connectivity index (χ1v) is 11.7. The molecule has 34 heavy (non-hydrogen) atoms. The molecule has 4 rings (SSSR count). The van der Waals surface area contributed by atoms with Gasteiger partial charge in [-0.15, -0.1) is 0 Å². The molecule has 2 heterocycles. The standard InChI is InChI=1S/C26H32FN3O4/c1-28-19-4-5-24(21(27)14-19)34-23-6-10-30-22-16-26(25(31-2)15-20(22)23)33-11-3-9-29-17-18-7-12-32-13-8-18/h4-6,10,14-16,18,28-29H,3,7-9,11-13,17H2,1-2H3. The third-order valence-corrected chi connectivity index (χ3v) is 5.96. The van der Waals surface area contributed by atoms with E-state index in [4.69, 9.17) is 18.9 Å². The summed E-state index contributed by atoms with van der Waals surface area (Å²) in [6.07, 6.45) is 4.77. The Morgan fingerprint density at radius 1 is 1.06 bits per heavy atom. The smallest absolute Gasteiger partial charge is 0.167 e. The molecule has 1 aliphatic rings.